The fourth-order valence-electron chi connectivity index (χ4n) is 2.62. The molecule has 2 aliphatic rings. The molecule has 0 saturated carbocycles. The van der Waals surface area contributed by atoms with E-state index in [1.165, 1.54) is 6.42 Å². The number of hydrogen-bond donors (Lipinski definition) is 2. The highest BCUT2D eigenvalue weighted by Crippen LogP contribution is 2.30. The monoisotopic (exact) mass is 276 g/mol. The van der Waals surface area contributed by atoms with Crippen LogP contribution in [0.4, 0.5) is 0 Å². The van der Waals surface area contributed by atoms with E-state index in [0.717, 1.165) is 19.5 Å². The molecule has 2 N–H and O–H groups in total. The molecule has 5 nitrogen and oxygen atoms in total. The van der Waals surface area contributed by atoms with Crippen LogP contribution in [0.5, 0.6) is 11.5 Å². The number of carbonyl (C=O) groups excluding carboxylic acids is 1. The van der Waals surface area contributed by atoms with Gasteiger partial charge in [0.1, 0.15) is 6.61 Å². The lowest BCUT2D eigenvalue weighted by molar-refractivity contribution is -0.130. The Bertz CT molecular complexity index is 472. The largest absolute Gasteiger partial charge is 0.485 e. The summed E-state index contributed by atoms with van der Waals surface area (Å²) in [6.45, 7) is 3.13. The van der Waals surface area contributed by atoms with Gasteiger partial charge >= 0.3 is 0 Å². The molecule has 2 unspecified atom stereocenters. The SMILES string of the molecule is O=C(NCCC1CCNC1)C1COc2ccccc2O1. The summed E-state index contributed by atoms with van der Waals surface area (Å²) in [6, 6.07) is 7.42. The zero-order chi connectivity index (χ0) is 13.8. The summed E-state index contributed by atoms with van der Waals surface area (Å²) in [4.78, 5) is 12.0. The van der Waals surface area contributed by atoms with Crippen molar-refractivity contribution >= 4 is 5.91 Å². The van der Waals surface area contributed by atoms with Crippen LogP contribution in [0.1, 0.15) is 12.8 Å². The van der Waals surface area contributed by atoms with Crippen LogP contribution in [0.2, 0.25) is 0 Å². The molecule has 1 saturated heterocycles. The summed E-state index contributed by atoms with van der Waals surface area (Å²) < 4.78 is 11.2. The van der Waals surface area contributed by atoms with Crippen molar-refractivity contribution in [2.75, 3.05) is 26.2 Å². The molecule has 20 heavy (non-hydrogen) atoms. The lowest BCUT2D eigenvalue weighted by Crippen LogP contribution is -2.44. The number of rotatable bonds is 4. The van der Waals surface area contributed by atoms with Gasteiger partial charge in [0, 0.05) is 6.54 Å². The normalized spacial score (nSPS) is 24.4. The third-order valence-corrected chi connectivity index (χ3v) is 3.82. The molecule has 0 spiro atoms. The summed E-state index contributed by atoms with van der Waals surface area (Å²) in [6.07, 6.45) is 1.67. The van der Waals surface area contributed by atoms with E-state index >= 15 is 0 Å². The second kappa shape index (κ2) is 6.13. The maximum absolute atomic E-state index is 12.0. The Balaban J connectivity index is 1.46. The molecule has 0 radical (unpaired) electrons. The van der Waals surface area contributed by atoms with Crippen molar-refractivity contribution in [2.24, 2.45) is 5.92 Å². The minimum absolute atomic E-state index is 0.0922. The second-order valence-corrected chi connectivity index (χ2v) is 5.30. The van der Waals surface area contributed by atoms with E-state index in [-0.39, 0.29) is 12.5 Å². The van der Waals surface area contributed by atoms with Crippen LogP contribution in [0.15, 0.2) is 24.3 Å². The predicted octanol–water partition coefficient (Wildman–Crippen LogP) is 0.942. The minimum atomic E-state index is -0.549. The maximum atomic E-state index is 12.0. The van der Waals surface area contributed by atoms with Gasteiger partial charge in [-0.15, -0.1) is 0 Å². The first kappa shape index (κ1) is 13.2. The smallest absolute Gasteiger partial charge is 0.264 e. The van der Waals surface area contributed by atoms with E-state index in [1.807, 2.05) is 24.3 Å². The molecular weight excluding hydrogens is 256 g/mol. The van der Waals surface area contributed by atoms with Crippen molar-refractivity contribution in [1.29, 1.82) is 0 Å². The summed E-state index contributed by atoms with van der Waals surface area (Å²) >= 11 is 0. The van der Waals surface area contributed by atoms with Crippen molar-refractivity contribution in [3.8, 4) is 11.5 Å². The van der Waals surface area contributed by atoms with E-state index < -0.39 is 6.10 Å². The van der Waals surface area contributed by atoms with Crippen LogP contribution in [-0.2, 0) is 4.79 Å². The molecule has 0 aliphatic carbocycles. The molecule has 2 aliphatic heterocycles. The number of benzene rings is 1. The fourth-order valence-corrected chi connectivity index (χ4v) is 2.62. The highest BCUT2D eigenvalue weighted by atomic mass is 16.6. The number of para-hydroxylation sites is 2. The Morgan fingerprint density at radius 3 is 3.00 bits per heavy atom. The first-order chi connectivity index (χ1) is 9.83. The maximum Gasteiger partial charge on any atom is 0.264 e. The Morgan fingerprint density at radius 1 is 1.35 bits per heavy atom. The number of amides is 1. The highest BCUT2D eigenvalue weighted by molar-refractivity contribution is 5.81. The molecule has 1 aromatic rings. The van der Waals surface area contributed by atoms with Crippen molar-refractivity contribution in [3.63, 3.8) is 0 Å². The summed E-state index contributed by atoms with van der Waals surface area (Å²) in [5.41, 5.74) is 0. The van der Waals surface area contributed by atoms with Crippen molar-refractivity contribution in [2.45, 2.75) is 18.9 Å². The number of carbonyl (C=O) groups is 1. The van der Waals surface area contributed by atoms with Gasteiger partial charge in [0.25, 0.3) is 5.91 Å². The van der Waals surface area contributed by atoms with E-state index in [4.69, 9.17) is 9.47 Å². The number of fused-ring (bicyclic) bond motifs is 1. The third kappa shape index (κ3) is 3.04. The molecular formula is C15H20N2O3. The van der Waals surface area contributed by atoms with Crippen LogP contribution in [0, 0.1) is 5.92 Å². The quantitative estimate of drug-likeness (QED) is 0.859. The number of nitrogens with one attached hydrogen (secondary N) is 2. The zero-order valence-electron chi connectivity index (χ0n) is 11.4. The first-order valence-corrected chi connectivity index (χ1v) is 7.20. The molecule has 0 aromatic heterocycles. The Hall–Kier alpha value is -1.75. The average Bonchev–Trinajstić information content (AvgIpc) is 3.00. The van der Waals surface area contributed by atoms with Crippen LogP contribution < -0.4 is 20.1 Å². The van der Waals surface area contributed by atoms with Crippen molar-refractivity contribution in [3.05, 3.63) is 24.3 Å². The van der Waals surface area contributed by atoms with E-state index in [0.29, 0.717) is 24.0 Å². The zero-order valence-corrected chi connectivity index (χ0v) is 11.4. The molecule has 108 valence electrons. The molecule has 3 rings (SSSR count). The van der Waals surface area contributed by atoms with Crippen LogP contribution >= 0.6 is 0 Å². The van der Waals surface area contributed by atoms with Crippen LogP contribution in [-0.4, -0.2) is 38.3 Å². The molecule has 1 aromatic carbocycles. The Morgan fingerprint density at radius 2 is 2.20 bits per heavy atom. The van der Waals surface area contributed by atoms with Gasteiger partial charge in [-0.05, 0) is 44.0 Å². The molecule has 1 amide bonds. The summed E-state index contributed by atoms with van der Waals surface area (Å²) in [5, 5.41) is 6.27. The number of hydrogen-bond acceptors (Lipinski definition) is 4. The van der Waals surface area contributed by atoms with Gasteiger partial charge < -0.3 is 20.1 Å². The number of ether oxygens (including phenoxy) is 2. The van der Waals surface area contributed by atoms with Gasteiger partial charge in [-0.2, -0.15) is 0 Å². The van der Waals surface area contributed by atoms with Gasteiger partial charge in [0.2, 0.25) is 6.10 Å². The van der Waals surface area contributed by atoms with E-state index in [2.05, 4.69) is 10.6 Å². The molecule has 0 bridgehead atoms. The topological polar surface area (TPSA) is 59.6 Å². The Labute approximate surface area is 118 Å². The van der Waals surface area contributed by atoms with E-state index in [1.54, 1.807) is 0 Å². The standard InChI is InChI=1S/C15H20N2O3/c18-15(17-8-6-11-5-7-16-9-11)14-10-19-12-3-1-2-4-13(12)20-14/h1-4,11,14,16H,5-10H2,(H,17,18). The summed E-state index contributed by atoms with van der Waals surface area (Å²) in [7, 11) is 0. The summed E-state index contributed by atoms with van der Waals surface area (Å²) in [5.74, 6) is 1.93. The Kier molecular flexibility index (Phi) is 4.06. The van der Waals surface area contributed by atoms with Crippen molar-refractivity contribution < 1.29 is 14.3 Å². The van der Waals surface area contributed by atoms with E-state index in [9.17, 15) is 4.79 Å². The van der Waals surface area contributed by atoms with Gasteiger partial charge in [-0.3, -0.25) is 4.79 Å². The fraction of sp³-hybridized carbons (Fsp3) is 0.533. The second-order valence-electron chi connectivity index (χ2n) is 5.30. The molecule has 5 heteroatoms. The predicted molar refractivity (Wildman–Crippen MR) is 75.0 cm³/mol. The lowest BCUT2D eigenvalue weighted by Gasteiger charge is -2.25. The van der Waals surface area contributed by atoms with Crippen LogP contribution in [0.3, 0.4) is 0 Å². The minimum Gasteiger partial charge on any atom is -0.485 e. The molecule has 2 atom stereocenters. The third-order valence-electron chi connectivity index (χ3n) is 3.82. The first-order valence-electron chi connectivity index (χ1n) is 7.20. The lowest BCUT2D eigenvalue weighted by atomic mass is 10.1. The average molecular weight is 276 g/mol. The van der Waals surface area contributed by atoms with Crippen molar-refractivity contribution in [1.82, 2.24) is 10.6 Å². The van der Waals surface area contributed by atoms with Gasteiger partial charge in [0.05, 0.1) is 0 Å². The van der Waals surface area contributed by atoms with Gasteiger partial charge in [-0.25, -0.2) is 0 Å². The highest BCUT2D eigenvalue weighted by Gasteiger charge is 2.27. The molecule has 2 heterocycles. The van der Waals surface area contributed by atoms with Crippen LogP contribution in [0.25, 0.3) is 0 Å². The van der Waals surface area contributed by atoms with Gasteiger partial charge in [-0.1, -0.05) is 12.1 Å². The van der Waals surface area contributed by atoms with Gasteiger partial charge in [0.15, 0.2) is 11.5 Å². The molecule has 1 fully saturated rings.